The lowest BCUT2D eigenvalue weighted by Crippen LogP contribution is -2.55. The second kappa shape index (κ2) is 12.5. The summed E-state index contributed by atoms with van der Waals surface area (Å²) in [5.41, 5.74) is -1.78. The lowest BCUT2D eigenvalue weighted by Gasteiger charge is -2.40. The third-order valence-electron chi connectivity index (χ3n) is 5.08. The van der Waals surface area contributed by atoms with Crippen molar-refractivity contribution in [3.05, 3.63) is 0 Å². The van der Waals surface area contributed by atoms with E-state index in [1.807, 2.05) is 0 Å². The molecule has 1 atom stereocenters. The van der Waals surface area contributed by atoms with E-state index in [0.29, 0.717) is 30.9 Å². The molecule has 1 aliphatic rings. The Morgan fingerprint density at radius 2 is 1.68 bits per heavy atom. The number of carboxylic acids is 3. The van der Waals surface area contributed by atoms with Crippen LogP contribution in [0.3, 0.4) is 0 Å². The summed E-state index contributed by atoms with van der Waals surface area (Å²) in [4.78, 5) is 34.9. The van der Waals surface area contributed by atoms with Crippen LogP contribution in [0.15, 0.2) is 5.10 Å². The Bertz CT molecular complexity index is 642. The quantitative estimate of drug-likeness (QED) is 0.287. The van der Waals surface area contributed by atoms with Gasteiger partial charge < -0.3 is 25.5 Å². The molecule has 1 heterocycles. The van der Waals surface area contributed by atoms with Gasteiger partial charge in [0.2, 0.25) is 0 Å². The zero-order valence-electron chi connectivity index (χ0n) is 17.6. The third-order valence-corrected chi connectivity index (χ3v) is 5.08. The maximum Gasteiger partial charge on any atom is 0.309 e. The predicted molar refractivity (Wildman–Crippen MR) is 105 cm³/mol. The Morgan fingerprint density at radius 1 is 1.06 bits per heavy atom. The van der Waals surface area contributed by atoms with Crippen LogP contribution in [0.25, 0.3) is 0 Å². The van der Waals surface area contributed by atoms with E-state index in [9.17, 15) is 45.1 Å². The fraction of sp³-hybridized carbons (Fsp3) is 0.778. The zero-order chi connectivity index (χ0) is 23.6. The third kappa shape index (κ3) is 8.03. The molecule has 13 heteroatoms. The van der Waals surface area contributed by atoms with Crippen molar-refractivity contribution in [1.29, 1.82) is 0 Å². The summed E-state index contributed by atoms with van der Waals surface area (Å²) in [6, 6.07) is 0. The number of hydrogen-bond donors (Lipinski definition) is 6. The lowest BCUT2D eigenvalue weighted by molar-refractivity contribution is -0.391. The summed E-state index contributed by atoms with van der Waals surface area (Å²) >= 11 is 0. The minimum Gasteiger partial charge on any atom is -0.481 e. The van der Waals surface area contributed by atoms with Crippen molar-refractivity contribution in [2.45, 2.75) is 70.9 Å². The molecule has 0 amide bonds. The first-order valence-electron chi connectivity index (χ1n) is 10.1. The molecule has 0 bridgehead atoms. The molecular weight excluding hydrogens is 416 g/mol. The van der Waals surface area contributed by atoms with Gasteiger partial charge in [-0.2, -0.15) is 5.10 Å². The molecule has 1 rings (SSSR count). The number of rotatable bonds is 9. The van der Waals surface area contributed by atoms with Gasteiger partial charge in [0.1, 0.15) is 13.0 Å². The number of hydrazine groups is 2. The zero-order valence-corrected chi connectivity index (χ0v) is 17.6. The van der Waals surface area contributed by atoms with Crippen LogP contribution in [0.5, 0.6) is 0 Å². The molecule has 1 unspecified atom stereocenters. The average molecular weight is 448 g/mol. The summed E-state index contributed by atoms with van der Waals surface area (Å²) in [5, 5.41) is 65.1. The molecule has 13 nitrogen and oxygen atoms in total. The van der Waals surface area contributed by atoms with E-state index in [-0.39, 0.29) is 25.1 Å². The molecule has 6 N–H and O–H groups in total. The Morgan fingerprint density at radius 3 is 2.16 bits per heavy atom. The van der Waals surface area contributed by atoms with E-state index in [4.69, 9.17) is 0 Å². The van der Waals surface area contributed by atoms with Crippen molar-refractivity contribution in [3.63, 3.8) is 0 Å². The van der Waals surface area contributed by atoms with E-state index in [0.717, 1.165) is 10.2 Å². The van der Waals surface area contributed by atoms with Gasteiger partial charge in [-0.25, -0.2) is 5.12 Å². The van der Waals surface area contributed by atoms with E-state index in [2.05, 4.69) is 5.10 Å². The minimum atomic E-state index is -1.58. The summed E-state index contributed by atoms with van der Waals surface area (Å²) in [5.74, 6) is -3.93. The fourth-order valence-electron chi connectivity index (χ4n) is 3.68. The maximum atomic E-state index is 11.6. The molecule has 0 spiro atoms. The maximum absolute atomic E-state index is 11.6. The van der Waals surface area contributed by atoms with E-state index in [1.54, 1.807) is 6.92 Å². The molecule has 0 radical (unpaired) electrons. The van der Waals surface area contributed by atoms with Crippen molar-refractivity contribution in [2.75, 3.05) is 13.3 Å². The molecule has 31 heavy (non-hydrogen) atoms. The van der Waals surface area contributed by atoms with Gasteiger partial charge in [-0.3, -0.25) is 19.6 Å². The number of carbonyl (C=O) groups is 3. The molecule has 0 saturated heterocycles. The molecule has 0 saturated carbocycles. The largest absolute Gasteiger partial charge is 0.481 e. The smallest absolute Gasteiger partial charge is 0.309 e. The second-order valence-electron chi connectivity index (χ2n) is 7.55. The van der Waals surface area contributed by atoms with Gasteiger partial charge in [-0.15, -0.1) is 0 Å². The number of hydroxylamine groups is 1. The summed E-state index contributed by atoms with van der Waals surface area (Å²) in [6.07, 6.45) is -1.49. The number of hydrazone groups is 1. The Balaban J connectivity index is 3.69. The van der Waals surface area contributed by atoms with Crippen LogP contribution in [-0.2, 0) is 14.4 Å². The second-order valence-corrected chi connectivity index (χ2v) is 7.55. The molecule has 0 aromatic heterocycles. The number of carboxylic acid groups (broad SMARTS) is 3. The van der Waals surface area contributed by atoms with Gasteiger partial charge in [-0.05, 0) is 25.7 Å². The van der Waals surface area contributed by atoms with Gasteiger partial charge in [0, 0.05) is 5.41 Å². The standard InChI is InChI=1S/C18H32N4O9/c1-2-8-20-19-13(9-15(25)26)18(10-16(27)28,11-17(29)30)7-5-3-4-6-14(24)22(31)21(20)12-23/h14,23-24,31H,2-12H2,1H3,(H,25,26)(H,27,28)(H,29,30)/b19-13-. The van der Waals surface area contributed by atoms with E-state index >= 15 is 0 Å². The first-order chi connectivity index (χ1) is 14.6. The molecular formula is C18H32N4O9. The SMILES string of the molecule is CCCN1/N=C(/CC(=O)O)C(CC(=O)O)(CC(=O)O)CCCCCC(O)N(O)N1CO. The molecule has 0 aromatic carbocycles. The average Bonchev–Trinajstić information content (AvgIpc) is 2.65. The highest BCUT2D eigenvalue weighted by Crippen LogP contribution is 2.37. The molecule has 0 aliphatic carbocycles. The fourth-order valence-corrected chi connectivity index (χ4v) is 3.68. The Hall–Kier alpha value is -2.32. The van der Waals surface area contributed by atoms with Crippen LogP contribution in [-0.4, -0.2) is 89.3 Å². The highest BCUT2D eigenvalue weighted by atomic mass is 16.6. The molecule has 0 aromatic rings. The number of aliphatic carboxylic acids is 3. The number of nitrogens with zero attached hydrogens (tertiary/aromatic N) is 4. The van der Waals surface area contributed by atoms with Crippen molar-refractivity contribution in [1.82, 2.24) is 15.4 Å². The molecule has 1 aliphatic heterocycles. The van der Waals surface area contributed by atoms with Crippen LogP contribution >= 0.6 is 0 Å². The summed E-state index contributed by atoms with van der Waals surface area (Å²) in [6.45, 7) is 0.976. The minimum absolute atomic E-state index is 0.0592. The Labute approximate surface area is 179 Å². The molecule has 0 fully saturated rings. The van der Waals surface area contributed by atoms with Crippen LogP contribution in [0.1, 0.15) is 64.7 Å². The van der Waals surface area contributed by atoms with Gasteiger partial charge >= 0.3 is 17.9 Å². The topological polar surface area (TPSA) is 195 Å². The van der Waals surface area contributed by atoms with Crippen LogP contribution < -0.4 is 0 Å². The highest BCUT2D eigenvalue weighted by Gasteiger charge is 2.42. The number of hydrogen-bond acceptors (Lipinski definition) is 10. The highest BCUT2D eigenvalue weighted by molar-refractivity contribution is 6.04. The lowest BCUT2D eigenvalue weighted by atomic mass is 9.71. The summed E-state index contributed by atoms with van der Waals surface area (Å²) < 4.78 is 0. The van der Waals surface area contributed by atoms with E-state index < -0.39 is 55.5 Å². The van der Waals surface area contributed by atoms with Crippen LogP contribution in [0, 0.1) is 5.41 Å². The van der Waals surface area contributed by atoms with E-state index in [1.165, 1.54) is 0 Å². The van der Waals surface area contributed by atoms with Gasteiger partial charge in [0.05, 0.1) is 31.5 Å². The van der Waals surface area contributed by atoms with Crippen LogP contribution in [0.4, 0.5) is 0 Å². The normalized spacial score (nSPS) is 23.3. The summed E-state index contributed by atoms with van der Waals surface area (Å²) in [7, 11) is 0. The van der Waals surface area contributed by atoms with Crippen molar-refractivity contribution in [2.24, 2.45) is 10.5 Å². The van der Waals surface area contributed by atoms with Gasteiger partial charge in [0.15, 0.2) is 0 Å². The number of aliphatic hydroxyl groups excluding tert-OH is 2. The Kier molecular flexibility index (Phi) is 10.8. The first kappa shape index (κ1) is 26.7. The monoisotopic (exact) mass is 448 g/mol. The van der Waals surface area contributed by atoms with Gasteiger partial charge in [-0.1, -0.05) is 30.1 Å². The van der Waals surface area contributed by atoms with Crippen LogP contribution in [0.2, 0.25) is 0 Å². The number of aliphatic hydroxyl groups is 2. The first-order valence-corrected chi connectivity index (χ1v) is 10.1. The van der Waals surface area contributed by atoms with Crippen molar-refractivity contribution < 1.29 is 45.1 Å². The van der Waals surface area contributed by atoms with Gasteiger partial charge in [0.25, 0.3) is 0 Å². The predicted octanol–water partition coefficient (Wildman–Crippen LogP) is 0.520. The van der Waals surface area contributed by atoms with Crippen molar-refractivity contribution >= 4 is 23.6 Å². The molecule has 178 valence electrons. The van der Waals surface area contributed by atoms with Crippen molar-refractivity contribution in [3.8, 4) is 0 Å².